The van der Waals surface area contributed by atoms with Crippen molar-refractivity contribution in [3.63, 3.8) is 0 Å². The zero-order chi connectivity index (χ0) is 23.9. The number of amides is 2. The molecule has 2 N–H and O–H groups in total. The van der Waals surface area contributed by atoms with Crippen LogP contribution < -0.4 is 15.8 Å². The summed E-state index contributed by atoms with van der Waals surface area (Å²) in [7, 11) is 0. The second-order valence-corrected chi connectivity index (χ2v) is 8.70. The predicted octanol–water partition coefficient (Wildman–Crippen LogP) is 3.80. The van der Waals surface area contributed by atoms with Gasteiger partial charge in [0, 0.05) is 56.0 Å². The Morgan fingerprint density at radius 2 is 1.82 bits per heavy atom. The normalized spacial score (nSPS) is 13.9. The fourth-order valence-corrected chi connectivity index (χ4v) is 4.16. The number of carbonyl (C=O) groups excluding carboxylic acids is 1. The molecule has 1 saturated heterocycles. The van der Waals surface area contributed by atoms with Crippen LogP contribution in [0.15, 0.2) is 65.5 Å². The standard InChI is InChI=1S/C25H29ClN6O2/c1-2-30(17-19-7-4-3-5-8-19)18-22-16-23(33)29-24(27-22)31-11-13-32(14-12-31)25(34)28-21-10-6-9-20(26)15-21/h3-10,15-16H,2,11-14,17-18H2,1H3,(H,28,34)(H,27,29,33). The Morgan fingerprint density at radius 3 is 2.53 bits per heavy atom. The third-order valence-corrected chi connectivity index (χ3v) is 6.04. The van der Waals surface area contributed by atoms with Crippen LogP contribution in [0.3, 0.4) is 0 Å². The number of hydrogen-bond acceptors (Lipinski definition) is 5. The molecule has 2 aromatic carbocycles. The molecule has 0 bridgehead atoms. The number of aromatic amines is 1. The molecule has 0 saturated carbocycles. The van der Waals surface area contributed by atoms with E-state index in [1.807, 2.05) is 23.1 Å². The Kier molecular flexibility index (Phi) is 7.82. The van der Waals surface area contributed by atoms with Crippen molar-refractivity contribution in [2.45, 2.75) is 20.0 Å². The number of hydrogen-bond donors (Lipinski definition) is 2. The van der Waals surface area contributed by atoms with Crippen LogP contribution in [0.4, 0.5) is 16.4 Å². The molecule has 3 aromatic rings. The van der Waals surface area contributed by atoms with Crippen LogP contribution in [0.1, 0.15) is 18.2 Å². The van der Waals surface area contributed by atoms with E-state index in [0.717, 1.165) is 18.8 Å². The van der Waals surface area contributed by atoms with Crippen molar-refractivity contribution in [2.75, 3.05) is 42.9 Å². The molecule has 1 aromatic heterocycles. The average molecular weight is 481 g/mol. The van der Waals surface area contributed by atoms with Gasteiger partial charge in [-0.15, -0.1) is 0 Å². The smallest absolute Gasteiger partial charge is 0.321 e. The fourth-order valence-electron chi connectivity index (χ4n) is 3.96. The van der Waals surface area contributed by atoms with Crippen molar-refractivity contribution in [1.29, 1.82) is 0 Å². The number of nitrogens with zero attached hydrogens (tertiary/aromatic N) is 4. The monoisotopic (exact) mass is 480 g/mol. The van der Waals surface area contributed by atoms with Crippen molar-refractivity contribution in [3.8, 4) is 0 Å². The number of rotatable bonds is 7. The molecule has 0 radical (unpaired) electrons. The first-order chi connectivity index (χ1) is 16.5. The SMILES string of the molecule is CCN(Cc1ccccc1)Cc1cc(=O)[nH]c(N2CCN(C(=O)Nc3cccc(Cl)c3)CC2)n1. The molecule has 1 aliphatic heterocycles. The lowest BCUT2D eigenvalue weighted by atomic mass is 10.2. The Bertz CT molecular complexity index is 1160. The molecule has 8 nitrogen and oxygen atoms in total. The minimum atomic E-state index is -0.170. The van der Waals surface area contributed by atoms with Gasteiger partial charge in [-0.1, -0.05) is 54.9 Å². The van der Waals surface area contributed by atoms with E-state index in [2.05, 4.69) is 34.3 Å². The van der Waals surface area contributed by atoms with E-state index < -0.39 is 0 Å². The molecule has 0 unspecified atom stereocenters. The van der Waals surface area contributed by atoms with Gasteiger partial charge in [-0.25, -0.2) is 9.78 Å². The largest absolute Gasteiger partial charge is 0.339 e. The second kappa shape index (κ2) is 11.2. The highest BCUT2D eigenvalue weighted by molar-refractivity contribution is 6.30. The minimum Gasteiger partial charge on any atom is -0.339 e. The van der Waals surface area contributed by atoms with E-state index in [4.69, 9.17) is 16.6 Å². The maximum absolute atomic E-state index is 12.6. The molecular weight excluding hydrogens is 452 g/mol. The highest BCUT2D eigenvalue weighted by atomic mass is 35.5. The quantitative estimate of drug-likeness (QED) is 0.537. The number of piperazine rings is 1. The summed E-state index contributed by atoms with van der Waals surface area (Å²) in [6, 6.07) is 18.7. The molecule has 0 spiro atoms. The lowest BCUT2D eigenvalue weighted by Gasteiger charge is -2.35. The number of nitrogens with one attached hydrogen (secondary N) is 2. The first-order valence-corrected chi connectivity index (χ1v) is 11.8. The van der Waals surface area contributed by atoms with Gasteiger partial charge >= 0.3 is 6.03 Å². The van der Waals surface area contributed by atoms with Gasteiger partial charge in [0.15, 0.2) is 0 Å². The number of anilines is 2. The maximum Gasteiger partial charge on any atom is 0.321 e. The first kappa shape index (κ1) is 23.8. The van der Waals surface area contributed by atoms with Crippen LogP contribution >= 0.6 is 11.6 Å². The van der Waals surface area contributed by atoms with Crippen LogP contribution in [0, 0.1) is 0 Å². The molecular formula is C25H29ClN6O2. The fraction of sp³-hybridized carbons (Fsp3) is 0.320. The van der Waals surface area contributed by atoms with E-state index >= 15 is 0 Å². The molecule has 178 valence electrons. The summed E-state index contributed by atoms with van der Waals surface area (Å²) in [5.41, 5.74) is 2.45. The molecule has 2 heterocycles. The van der Waals surface area contributed by atoms with Crippen LogP contribution in [0.5, 0.6) is 0 Å². The number of H-pyrrole nitrogens is 1. The van der Waals surface area contributed by atoms with Gasteiger partial charge in [-0.2, -0.15) is 0 Å². The highest BCUT2D eigenvalue weighted by Gasteiger charge is 2.23. The van der Waals surface area contributed by atoms with Crippen LogP contribution in [-0.4, -0.2) is 58.5 Å². The number of aromatic nitrogens is 2. The lowest BCUT2D eigenvalue weighted by Crippen LogP contribution is -2.50. The first-order valence-electron chi connectivity index (χ1n) is 11.4. The number of urea groups is 1. The molecule has 1 fully saturated rings. The van der Waals surface area contributed by atoms with E-state index in [9.17, 15) is 9.59 Å². The lowest BCUT2D eigenvalue weighted by molar-refractivity contribution is 0.208. The highest BCUT2D eigenvalue weighted by Crippen LogP contribution is 2.17. The molecule has 1 aliphatic rings. The molecule has 0 atom stereocenters. The van der Waals surface area contributed by atoms with Gasteiger partial charge in [0.05, 0.1) is 5.69 Å². The Labute approximate surface area is 204 Å². The van der Waals surface area contributed by atoms with Gasteiger partial charge in [0.2, 0.25) is 5.95 Å². The third kappa shape index (κ3) is 6.36. The number of carbonyl (C=O) groups is 1. The van der Waals surface area contributed by atoms with Gasteiger partial charge in [0.1, 0.15) is 0 Å². The second-order valence-electron chi connectivity index (χ2n) is 8.26. The summed E-state index contributed by atoms with van der Waals surface area (Å²) in [5, 5.41) is 3.45. The van der Waals surface area contributed by atoms with E-state index in [-0.39, 0.29) is 11.6 Å². The van der Waals surface area contributed by atoms with E-state index in [1.165, 1.54) is 5.56 Å². The van der Waals surface area contributed by atoms with Crippen molar-refractivity contribution in [3.05, 3.63) is 87.3 Å². The Morgan fingerprint density at radius 1 is 1.06 bits per heavy atom. The molecule has 2 amide bonds. The van der Waals surface area contributed by atoms with Crippen molar-refractivity contribution in [2.24, 2.45) is 0 Å². The summed E-state index contributed by atoms with van der Waals surface area (Å²) in [5.74, 6) is 0.549. The summed E-state index contributed by atoms with van der Waals surface area (Å²) in [6.45, 7) is 6.54. The summed E-state index contributed by atoms with van der Waals surface area (Å²) in [4.78, 5) is 38.6. The zero-order valence-corrected chi connectivity index (χ0v) is 20.0. The summed E-state index contributed by atoms with van der Waals surface area (Å²) < 4.78 is 0. The van der Waals surface area contributed by atoms with Crippen LogP contribution in [0.25, 0.3) is 0 Å². The van der Waals surface area contributed by atoms with Gasteiger partial charge < -0.3 is 15.1 Å². The maximum atomic E-state index is 12.6. The van der Waals surface area contributed by atoms with Crippen LogP contribution in [0.2, 0.25) is 5.02 Å². The molecule has 4 rings (SSSR count). The minimum absolute atomic E-state index is 0.170. The van der Waals surface area contributed by atoms with Gasteiger partial charge in [0.25, 0.3) is 5.56 Å². The molecule has 9 heteroatoms. The van der Waals surface area contributed by atoms with Crippen molar-refractivity contribution >= 4 is 29.3 Å². The van der Waals surface area contributed by atoms with Gasteiger partial charge in [-0.05, 0) is 30.3 Å². The van der Waals surface area contributed by atoms with E-state index in [1.54, 1.807) is 35.2 Å². The van der Waals surface area contributed by atoms with Crippen molar-refractivity contribution in [1.82, 2.24) is 19.8 Å². The number of halogens is 1. The van der Waals surface area contributed by atoms with Crippen LogP contribution in [-0.2, 0) is 13.1 Å². The van der Waals surface area contributed by atoms with Crippen molar-refractivity contribution < 1.29 is 4.79 Å². The van der Waals surface area contributed by atoms with E-state index in [0.29, 0.717) is 49.4 Å². The molecule has 0 aliphatic carbocycles. The Hall–Kier alpha value is -3.36. The summed E-state index contributed by atoms with van der Waals surface area (Å²) >= 11 is 6.00. The predicted molar refractivity (Wildman–Crippen MR) is 135 cm³/mol. The summed E-state index contributed by atoms with van der Waals surface area (Å²) in [6.07, 6.45) is 0. The van der Waals surface area contributed by atoms with Gasteiger partial charge in [-0.3, -0.25) is 14.7 Å². The molecule has 34 heavy (non-hydrogen) atoms. The Balaban J connectivity index is 1.36. The topological polar surface area (TPSA) is 84.6 Å². The average Bonchev–Trinajstić information content (AvgIpc) is 2.84. The third-order valence-electron chi connectivity index (χ3n) is 5.81. The number of benzene rings is 2. The zero-order valence-electron chi connectivity index (χ0n) is 19.2.